The first-order chi connectivity index (χ1) is 13.0. The van der Waals surface area contributed by atoms with E-state index in [0.29, 0.717) is 18.4 Å². The van der Waals surface area contributed by atoms with E-state index >= 15 is 0 Å². The predicted molar refractivity (Wildman–Crippen MR) is 105 cm³/mol. The van der Waals surface area contributed by atoms with E-state index in [1.807, 2.05) is 0 Å². The third-order valence-electron chi connectivity index (χ3n) is 8.07. The quantitative estimate of drug-likeness (QED) is 0.565. The van der Waals surface area contributed by atoms with Crippen molar-refractivity contribution in [3.63, 3.8) is 0 Å². The van der Waals surface area contributed by atoms with Crippen molar-refractivity contribution in [1.82, 2.24) is 10.9 Å². The Hall–Kier alpha value is -1.54. The van der Waals surface area contributed by atoms with Gasteiger partial charge in [0.25, 0.3) is 0 Å². The number of ether oxygens (including phenoxy) is 1. The fourth-order valence-electron chi connectivity index (χ4n) is 6.29. The number of hydrogen-bond acceptors (Lipinski definition) is 4. The Kier molecular flexibility index (Phi) is 4.05. The van der Waals surface area contributed by atoms with Crippen molar-refractivity contribution in [3.8, 4) is 18.1 Å². The zero-order valence-corrected chi connectivity index (χ0v) is 16.1. The summed E-state index contributed by atoms with van der Waals surface area (Å²) in [5.41, 5.74) is 8.80. The van der Waals surface area contributed by atoms with Crippen molar-refractivity contribution < 1.29 is 9.84 Å². The van der Waals surface area contributed by atoms with Crippen molar-refractivity contribution in [3.05, 3.63) is 29.3 Å². The average molecular weight is 367 g/mol. The van der Waals surface area contributed by atoms with Crippen LogP contribution in [0.5, 0.6) is 5.75 Å². The number of terminal acetylenes is 1. The average Bonchev–Trinajstić information content (AvgIpc) is 3.40. The van der Waals surface area contributed by atoms with Gasteiger partial charge in [0.1, 0.15) is 5.75 Å². The smallest absolute Gasteiger partial charge is 0.160 e. The van der Waals surface area contributed by atoms with Crippen LogP contribution in [0.25, 0.3) is 0 Å². The molecule has 0 spiro atoms. The number of aryl methyl sites for hydroxylation is 1. The van der Waals surface area contributed by atoms with Crippen molar-refractivity contribution in [1.29, 1.82) is 0 Å². The topological polar surface area (TPSA) is 73.3 Å². The minimum Gasteiger partial charge on any atom is -0.493 e. The third kappa shape index (κ3) is 2.79. The second-order valence-corrected chi connectivity index (χ2v) is 9.31. The number of aliphatic hydroxyl groups excluding tert-OH is 1. The van der Waals surface area contributed by atoms with Crippen LogP contribution in [0.2, 0.25) is 0 Å². The molecule has 0 unspecified atom stereocenters. The van der Waals surface area contributed by atoms with Crippen LogP contribution in [0.3, 0.4) is 0 Å². The molecule has 1 aromatic rings. The number of hydrogen-bond donors (Lipinski definition) is 3. The lowest BCUT2D eigenvalue weighted by Gasteiger charge is -2.50. The first-order valence-electron chi connectivity index (χ1n) is 10.5. The number of hydrazine groups is 1. The van der Waals surface area contributed by atoms with Gasteiger partial charge < -0.3 is 9.84 Å². The Bertz CT molecular complexity index is 781. The van der Waals surface area contributed by atoms with E-state index in [-0.39, 0.29) is 17.2 Å². The maximum absolute atomic E-state index is 10.5. The number of aliphatic hydroxyl groups is 1. The molecule has 0 amide bonds. The summed E-state index contributed by atoms with van der Waals surface area (Å²) in [4.78, 5) is 0. The van der Waals surface area contributed by atoms with Crippen LogP contribution < -0.4 is 15.6 Å². The van der Waals surface area contributed by atoms with E-state index in [2.05, 4.69) is 41.9 Å². The Labute approximate surface area is 162 Å². The van der Waals surface area contributed by atoms with E-state index in [0.717, 1.165) is 37.4 Å². The maximum Gasteiger partial charge on any atom is 0.160 e. The number of rotatable bonds is 4. The van der Waals surface area contributed by atoms with Crippen LogP contribution in [0.4, 0.5) is 0 Å². The van der Waals surface area contributed by atoms with Gasteiger partial charge in [0.05, 0.1) is 12.7 Å². The molecule has 5 atom stereocenters. The summed E-state index contributed by atoms with van der Waals surface area (Å²) in [6.07, 6.45) is 13.1. The fourth-order valence-corrected chi connectivity index (χ4v) is 6.29. The van der Waals surface area contributed by atoms with Gasteiger partial charge >= 0.3 is 0 Å². The van der Waals surface area contributed by atoms with Gasteiger partial charge in [-0.1, -0.05) is 18.9 Å². The molecule has 5 rings (SSSR count). The summed E-state index contributed by atoms with van der Waals surface area (Å²) < 4.78 is 5.98. The van der Waals surface area contributed by atoms with Crippen LogP contribution in [-0.2, 0) is 6.42 Å². The minimum atomic E-state index is -0.359. The molecule has 144 valence electrons. The molecule has 1 saturated heterocycles. The molecule has 1 heterocycles. The highest BCUT2D eigenvalue weighted by molar-refractivity contribution is 5.40. The molecule has 1 aliphatic heterocycles. The highest BCUT2D eigenvalue weighted by Crippen LogP contribution is 2.60. The normalized spacial score (nSPS) is 38.3. The summed E-state index contributed by atoms with van der Waals surface area (Å²) in [6.45, 7) is 2.94. The monoisotopic (exact) mass is 366 g/mol. The summed E-state index contributed by atoms with van der Waals surface area (Å²) >= 11 is 0. The van der Waals surface area contributed by atoms with Gasteiger partial charge in [-0.15, -0.1) is 6.42 Å². The largest absolute Gasteiger partial charge is 0.493 e. The van der Waals surface area contributed by atoms with Crippen LogP contribution in [-0.4, -0.2) is 23.5 Å². The number of fused-ring (bicyclic) bond motifs is 5. The zero-order valence-electron chi connectivity index (χ0n) is 16.1. The number of benzene rings is 1. The van der Waals surface area contributed by atoms with E-state index in [1.54, 1.807) is 0 Å². The van der Waals surface area contributed by atoms with Crippen LogP contribution in [0, 0.1) is 29.6 Å². The van der Waals surface area contributed by atoms with Gasteiger partial charge in [0, 0.05) is 6.42 Å². The van der Waals surface area contributed by atoms with E-state index in [9.17, 15) is 5.11 Å². The second kappa shape index (κ2) is 6.24. The van der Waals surface area contributed by atoms with E-state index in [1.165, 1.54) is 30.4 Å². The Morgan fingerprint density at radius 3 is 2.89 bits per heavy atom. The lowest BCUT2D eigenvalue weighted by molar-refractivity contribution is -0.0226. The van der Waals surface area contributed by atoms with Gasteiger partial charge in [0.2, 0.25) is 0 Å². The number of nitrogens with one attached hydrogen (secondary N) is 2. The molecule has 0 bridgehead atoms. The van der Waals surface area contributed by atoms with Gasteiger partial charge in [-0.25, -0.2) is 10.9 Å². The van der Waals surface area contributed by atoms with Crippen LogP contribution in [0.15, 0.2) is 18.2 Å². The lowest BCUT2D eigenvalue weighted by Crippen LogP contribution is -2.43. The maximum atomic E-state index is 10.5. The molecule has 1 aromatic carbocycles. The molecule has 4 heteroatoms. The van der Waals surface area contributed by atoms with Crippen LogP contribution in [0.1, 0.15) is 62.5 Å². The zero-order chi connectivity index (χ0) is 18.6. The first kappa shape index (κ1) is 17.6. The lowest BCUT2D eigenvalue weighted by atomic mass is 9.55. The van der Waals surface area contributed by atoms with Gasteiger partial charge in [-0.2, -0.15) is 0 Å². The van der Waals surface area contributed by atoms with Crippen molar-refractivity contribution in [2.75, 3.05) is 6.61 Å². The molecule has 4 nitrogen and oxygen atoms in total. The van der Waals surface area contributed by atoms with Gasteiger partial charge in [-0.3, -0.25) is 0 Å². The molecule has 2 saturated carbocycles. The molecule has 3 aliphatic carbocycles. The standard InChI is InChI=1S/C23H30N2O2/c1-3-23(24-25-23)12-13-27-16-5-7-17-15(14-16)4-6-19-18(17)10-11-22(2)20(19)8-9-21(22)26/h1,5,7,14,18-21,24-26H,4,6,8-13H2,2H3/t18-,19-,20+,21+,22+/m1/s1. The second-order valence-electron chi connectivity index (χ2n) is 9.31. The van der Waals surface area contributed by atoms with Crippen molar-refractivity contribution in [2.24, 2.45) is 17.3 Å². The van der Waals surface area contributed by atoms with Crippen LogP contribution >= 0.6 is 0 Å². The summed E-state index contributed by atoms with van der Waals surface area (Å²) in [6, 6.07) is 6.69. The first-order valence-corrected chi connectivity index (χ1v) is 10.5. The Morgan fingerprint density at radius 1 is 1.26 bits per heavy atom. The summed E-state index contributed by atoms with van der Waals surface area (Å²) in [5, 5.41) is 10.5. The molecule has 3 fully saturated rings. The molecule has 4 aliphatic rings. The fraction of sp³-hybridized carbons (Fsp3) is 0.652. The van der Waals surface area contributed by atoms with Gasteiger partial charge in [-0.05, 0) is 85.0 Å². The Morgan fingerprint density at radius 2 is 2.11 bits per heavy atom. The molecule has 0 aromatic heterocycles. The molecule has 0 radical (unpaired) electrons. The Balaban J connectivity index is 1.30. The minimum absolute atomic E-state index is 0.0950. The molecular weight excluding hydrogens is 336 g/mol. The molecular formula is C23H30N2O2. The highest BCUT2D eigenvalue weighted by Gasteiger charge is 2.54. The van der Waals surface area contributed by atoms with Crippen molar-refractivity contribution >= 4 is 0 Å². The molecule has 3 N–H and O–H groups in total. The SMILES string of the molecule is C#CC1(CCOc2ccc3c(c2)CC[C@@H]2[C@@H]3CC[C@]3(C)[C@@H](O)CC[C@@H]23)NN1. The van der Waals surface area contributed by atoms with Gasteiger partial charge in [0.15, 0.2) is 5.66 Å². The summed E-state index contributed by atoms with van der Waals surface area (Å²) in [5.74, 6) is 5.77. The van der Waals surface area contributed by atoms with E-state index in [4.69, 9.17) is 11.2 Å². The summed E-state index contributed by atoms with van der Waals surface area (Å²) in [7, 11) is 0. The van der Waals surface area contributed by atoms with E-state index < -0.39 is 0 Å². The predicted octanol–water partition coefficient (Wildman–Crippen LogP) is 3.11. The molecule has 27 heavy (non-hydrogen) atoms. The third-order valence-corrected chi connectivity index (χ3v) is 8.07. The van der Waals surface area contributed by atoms with Crippen molar-refractivity contribution in [2.45, 2.75) is 69.6 Å². The highest BCUT2D eigenvalue weighted by atomic mass is 16.5.